The zero-order valence-electron chi connectivity index (χ0n) is 11.0. The lowest BCUT2D eigenvalue weighted by Crippen LogP contribution is -2.67. The Balaban J connectivity index is 2.32. The first-order valence-electron chi connectivity index (χ1n) is 6.70. The summed E-state index contributed by atoms with van der Waals surface area (Å²) in [4.78, 5) is 14.1. The molecule has 0 aromatic rings. The number of hydrogen-bond acceptors (Lipinski definition) is 3. The van der Waals surface area contributed by atoms with E-state index in [4.69, 9.17) is 0 Å². The van der Waals surface area contributed by atoms with Crippen LogP contribution in [0.1, 0.15) is 39.5 Å². The van der Waals surface area contributed by atoms with Crippen LogP contribution in [0.3, 0.4) is 0 Å². The molecule has 1 saturated heterocycles. The molecule has 0 aromatic heterocycles. The van der Waals surface area contributed by atoms with Gasteiger partial charge in [0, 0.05) is 26.2 Å². The van der Waals surface area contributed by atoms with Gasteiger partial charge in [-0.1, -0.05) is 26.7 Å². The lowest BCUT2D eigenvalue weighted by Gasteiger charge is -2.54. The molecule has 17 heavy (non-hydrogen) atoms. The third-order valence-corrected chi connectivity index (χ3v) is 4.72. The van der Waals surface area contributed by atoms with Crippen LogP contribution in [0.2, 0.25) is 0 Å². The van der Waals surface area contributed by atoms with Crippen LogP contribution in [-0.4, -0.2) is 47.7 Å². The Morgan fingerprint density at radius 3 is 2.29 bits per heavy atom. The summed E-state index contributed by atoms with van der Waals surface area (Å²) >= 11 is 0. The molecule has 0 spiro atoms. The van der Waals surface area contributed by atoms with E-state index in [9.17, 15) is 9.90 Å². The molecule has 2 N–H and O–H groups in total. The van der Waals surface area contributed by atoms with E-state index in [2.05, 4.69) is 24.1 Å². The van der Waals surface area contributed by atoms with Crippen LogP contribution in [0.25, 0.3) is 0 Å². The predicted octanol–water partition coefficient (Wildman–Crippen LogP) is 1.32. The van der Waals surface area contributed by atoms with Crippen LogP contribution in [0.5, 0.6) is 0 Å². The highest BCUT2D eigenvalue weighted by Gasteiger charge is 2.56. The third kappa shape index (κ3) is 1.97. The first-order valence-corrected chi connectivity index (χ1v) is 6.70. The molecule has 1 atom stereocenters. The van der Waals surface area contributed by atoms with Crippen molar-refractivity contribution in [3.8, 4) is 0 Å². The maximum absolute atomic E-state index is 11.9. The van der Waals surface area contributed by atoms with Crippen LogP contribution in [0.15, 0.2) is 0 Å². The summed E-state index contributed by atoms with van der Waals surface area (Å²) in [6, 6.07) is 0. The predicted molar refractivity (Wildman–Crippen MR) is 67.1 cm³/mol. The molecule has 2 rings (SSSR count). The Morgan fingerprint density at radius 2 is 1.76 bits per heavy atom. The van der Waals surface area contributed by atoms with Crippen LogP contribution in [0, 0.1) is 5.41 Å². The van der Waals surface area contributed by atoms with E-state index in [-0.39, 0.29) is 5.41 Å². The summed E-state index contributed by atoms with van der Waals surface area (Å²) in [5.41, 5.74) is -0.776. The molecule has 0 bridgehead atoms. The van der Waals surface area contributed by atoms with Crippen LogP contribution in [-0.2, 0) is 4.79 Å². The standard InChI is InChI=1S/C13H24N2O2/c1-12(2)5-3-4-6-13(12,11(16)17)15-9-7-14-8-10-15/h14H,3-10H2,1-2H3,(H,16,17). The molecule has 2 fully saturated rings. The third-order valence-electron chi connectivity index (χ3n) is 4.72. The quantitative estimate of drug-likeness (QED) is 0.764. The number of carbonyl (C=O) groups is 1. The number of rotatable bonds is 2. The molecule has 1 aliphatic carbocycles. The minimum atomic E-state index is -0.645. The van der Waals surface area contributed by atoms with Gasteiger partial charge in [0.15, 0.2) is 0 Å². The Bertz CT molecular complexity index is 298. The topological polar surface area (TPSA) is 52.6 Å². The van der Waals surface area contributed by atoms with E-state index in [1.54, 1.807) is 0 Å². The van der Waals surface area contributed by atoms with E-state index < -0.39 is 11.5 Å². The Kier molecular flexibility index (Phi) is 3.46. The molecule has 1 saturated carbocycles. The van der Waals surface area contributed by atoms with Gasteiger partial charge in [0.1, 0.15) is 5.54 Å². The van der Waals surface area contributed by atoms with E-state index in [1.165, 1.54) is 0 Å². The number of aliphatic carboxylic acids is 1. The van der Waals surface area contributed by atoms with E-state index >= 15 is 0 Å². The second-order valence-electron chi connectivity index (χ2n) is 5.99. The molecule has 2 aliphatic rings. The SMILES string of the molecule is CC1(C)CCCCC1(C(=O)O)N1CCNCC1. The van der Waals surface area contributed by atoms with Gasteiger partial charge in [-0.15, -0.1) is 0 Å². The van der Waals surface area contributed by atoms with Crippen molar-refractivity contribution >= 4 is 5.97 Å². The Hall–Kier alpha value is -0.610. The fourth-order valence-electron chi connectivity index (χ4n) is 3.66. The molecule has 4 nitrogen and oxygen atoms in total. The number of carboxylic acids is 1. The zero-order chi connectivity index (χ0) is 12.5. The van der Waals surface area contributed by atoms with Crippen molar-refractivity contribution in [2.24, 2.45) is 5.41 Å². The smallest absolute Gasteiger partial charge is 0.324 e. The fraction of sp³-hybridized carbons (Fsp3) is 0.923. The first kappa shape index (κ1) is 12.8. The van der Waals surface area contributed by atoms with Gasteiger partial charge in [-0.3, -0.25) is 9.69 Å². The molecule has 4 heteroatoms. The summed E-state index contributed by atoms with van der Waals surface area (Å²) in [6.07, 6.45) is 4.02. The first-order chi connectivity index (χ1) is 8.01. The summed E-state index contributed by atoms with van der Waals surface area (Å²) in [5, 5.41) is 13.1. The van der Waals surface area contributed by atoms with Gasteiger partial charge in [0.25, 0.3) is 0 Å². The number of nitrogens with one attached hydrogen (secondary N) is 1. The van der Waals surface area contributed by atoms with E-state index in [0.717, 1.165) is 51.9 Å². The number of carboxylic acid groups (broad SMARTS) is 1. The molecular weight excluding hydrogens is 216 g/mol. The molecule has 1 heterocycles. The average molecular weight is 240 g/mol. The second kappa shape index (κ2) is 4.58. The van der Waals surface area contributed by atoms with Crippen LogP contribution >= 0.6 is 0 Å². The number of piperazine rings is 1. The molecule has 98 valence electrons. The van der Waals surface area contributed by atoms with Gasteiger partial charge in [0.05, 0.1) is 0 Å². The lowest BCUT2D eigenvalue weighted by molar-refractivity contribution is -0.167. The molecule has 0 radical (unpaired) electrons. The average Bonchev–Trinajstić information content (AvgIpc) is 2.29. The highest BCUT2D eigenvalue weighted by molar-refractivity contribution is 5.80. The van der Waals surface area contributed by atoms with Crippen LogP contribution in [0.4, 0.5) is 0 Å². The second-order valence-corrected chi connectivity index (χ2v) is 5.99. The maximum Gasteiger partial charge on any atom is 0.324 e. The van der Waals surface area contributed by atoms with Crippen LogP contribution < -0.4 is 5.32 Å². The molecule has 0 amide bonds. The largest absolute Gasteiger partial charge is 0.480 e. The monoisotopic (exact) mass is 240 g/mol. The highest BCUT2D eigenvalue weighted by atomic mass is 16.4. The van der Waals surface area contributed by atoms with Crippen molar-refractivity contribution < 1.29 is 9.90 Å². The molecule has 0 aromatic carbocycles. The van der Waals surface area contributed by atoms with Crippen molar-refractivity contribution in [2.45, 2.75) is 45.1 Å². The lowest BCUT2D eigenvalue weighted by atomic mass is 9.62. The number of hydrogen-bond donors (Lipinski definition) is 2. The van der Waals surface area contributed by atoms with E-state index in [1.807, 2.05) is 0 Å². The van der Waals surface area contributed by atoms with E-state index in [0.29, 0.717) is 0 Å². The zero-order valence-corrected chi connectivity index (χ0v) is 11.0. The summed E-state index contributed by atoms with van der Waals surface area (Å²) in [7, 11) is 0. The molecular formula is C13H24N2O2. The minimum absolute atomic E-state index is 0.131. The van der Waals surface area contributed by atoms with Gasteiger partial charge in [-0.25, -0.2) is 0 Å². The van der Waals surface area contributed by atoms with Gasteiger partial charge < -0.3 is 10.4 Å². The highest BCUT2D eigenvalue weighted by Crippen LogP contribution is 2.47. The van der Waals surface area contributed by atoms with Gasteiger partial charge in [-0.05, 0) is 18.3 Å². The normalized spacial score (nSPS) is 34.5. The minimum Gasteiger partial charge on any atom is -0.480 e. The summed E-state index contributed by atoms with van der Waals surface area (Å²) < 4.78 is 0. The number of nitrogens with zero attached hydrogens (tertiary/aromatic N) is 1. The fourth-order valence-corrected chi connectivity index (χ4v) is 3.66. The molecule has 1 unspecified atom stereocenters. The van der Waals surface area contributed by atoms with Crippen molar-refractivity contribution in [3.63, 3.8) is 0 Å². The molecule has 1 aliphatic heterocycles. The van der Waals surface area contributed by atoms with Gasteiger partial charge >= 0.3 is 5.97 Å². The Morgan fingerprint density at radius 1 is 1.18 bits per heavy atom. The van der Waals surface area contributed by atoms with Crippen molar-refractivity contribution in [1.82, 2.24) is 10.2 Å². The summed E-state index contributed by atoms with van der Waals surface area (Å²) in [5.74, 6) is -0.621. The maximum atomic E-state index is 11.9. The van der Waals surface area contributed by atoms with Crippen molar-refractivity contribution in [2.75, 3.05) is 26.2 Å². The van der Waals surface area contributed by atoms with Crippen molar-refractivity contribution in [1.29, 1.82) is 0 Å². The Labute approximate surface area is 103 Å². The van der Waals surface area contributed by atoms with Gasteiger partial charge in [0.2, 0.25) is 0 Å². The van der Waals surface area contributed by atoms with Crippen molar-refractivity contribution in [3.05, 3.63) is 0 Å². The van der Waals surface area contributed by atoms with Gasteiger partial charge in [-0.2, -0.15) is 0 Å². The summed E-state index contributed by atoms with van der Waals surface area (Å²) in [6.45, 7) is 7.78.